The van der Waals surface area contributed by atoms with Crippen molar-refractivity contribution in [2.45, 2.75) is 26.2 Å². The Bertz CT molecular complexity index is 99.7. The summed E-state index contributed by atoms with van der Waals surface area (Å²) in [6.45, 7) is 8.86. The average molecular weight is 125 g/mol. The lowest BCUT2D eigenvalue weighted by Gasteiger charge is -1.94. The summed E-state index contributed by atoms with van der Waals surface area (Å²) in [5.74, 6) is 0.247. The van der Waals surface area contributed by atoms with E-state index in [0.29, 0.717) is 6.42 Å². The van der Waals surface area contributed by atoms with E-state index < -0.39 is 0 Å². The van der Waals surface area contributed by atoms with Crippen LogP contribution in [0, 0.1) is 6.92 Å². The van der Waals surface area contributed by atoms with Gasteiger partial charge in [0, 0.05) is 6.42 Å². The first-order chi connectivity index (χ1) is 4.13. The van der Waals surface area contributed by atoms with Crippen molar-refractivity contribution in [1.82, 2.24) is 0 Å². The van der Waals surface area contributed by atoms with E-state index in [-0.39, 0.29) is 5.78 Å². The summed E-state index contributed by atoms with van der Waals surface area (Å²) in [7, 11) is 0. The molecule has 0 aromatic heterocycles. The van der Waals surface area contributed by atoms with Crippen molar-refractivity contribution >= 4 is 5.78 Å². The summed E-state index contributed by atoms with van der Waals surface area (Å²) in [6, 6.07) is 0. The summed E-state index contributed by atoms with van der Waals surface area (Å²) < 4.78 is 0. The summed E-state index contributed by atoms with van der Waals surface area (Å²) in [5.41, 5.74) is 0.913. The topological polar surface area (TPSA) is 17.1 Å². The van der Waals surface area contributed by atoms with E-state index in [1.807, 2.05) is 0 Å². The number of ketones is 1. The van der Waals surface area contributed by atoms with Gasteiger partial charge >= 0.3 is 0 Å². The number of carbonyl (C=O) groups is 1. The highest BCUT2D eigenvalue weighted by Crippen LogP contribution is 2.02. The molecule has 0 atom stereocenters. The molecule has 0 aliphatic carbocycles. The minimum absolute atomic E-state index is 0.247. The number of rotatable bonds is 4. The molecule has 0 amide bonds. The van der Waals surface area contributed by atoms with Crippen LogP contribution in [0.25, 0.3) is 0 Å². The van der Waals surface area contributed by atoms with Crippen LogP contribution in [0.3, 0.4) is 0 Å². The Balaban J connectivity index is 3.10. The molecule has 0 aromatic carbocycles. The van der Waals surface area contributed by atoms with Crippen molar-refractivity contribution in [2.24, 2.45) is 0 Å². The van der Waals surface area contributed by atoms with E-state index in [2.05, 4.69) is 13.5 Å². The molecule has 1 nitrogen and oxygen atoms in total. The summed E-state index contributed by atoms with van der Waals surface area (Å²) in [5, 5.41) is 0. The molecule has 0 aromatic rings. The number of allylic oxidation sites excluding steroid dienone is 1. The molecule has 0 saturated heterocycles. The maximum atomic E-state index is 10.4. The van der Waals surface area contributed by atoms with E-state index in [9.17, 15) is 4.79 Å². The minimum Gasteiger partial charge on any atom is -0.300 e. The Morgan fingerprint density at radius 2 is 2.00 bits per heavy atom. The molecule has 9 heavy (non-hydrogen) atoms. The first-order valence-electron chi connectivity index (χ1n) is 3.12. The number of carbonyl (C=O) groups excluding carboxylic acids is 1. The van der Waals surface area contributed by atoms with Crippen molar-refractivity contribution in [1.29, 1.82) is 0 Å². The molecule has 0 fully saturated rings. The van der Waals surface area contributed by atoms with Gasteiger partial charge in [-0.15, -0.1) is 0 Å². The summed E-state index contributed by atoms with van der Waals surface area (Å²) in [4.78, 5) is 10.4. The Hall–Kier alpha value is -0.590. The largest absolute Gasteiger partial charge is 0.300 e. The van der Waals surface area contributed by atoms with Gasteiger partial charge in [0.1, 0.15) is 5.78 Å². The molecule has 0 N–H and O–H groups in total. The third kappa shape index (κ3) is 7.41. The van der Waals surface area contributed by atoms with Crippen LogP contribution in [0.1, 0.15) is 26.2 Å². The van der Waals surface area contributed by atoms with Crippen molar-refractivity contribution in [3.05, 3.63) is 19.1 Å². The van der Waals surface area contributed by atoms with Gasteiger partial charge in [-0.3, -0.25) is 0 Å². The molecule has 0 rings (SSSR count). The fourth-order valence-electron chi connectivity index (χ4n) is 0.587. The van der Waals surface area contributed by atoms with Gasteiger partial charge in [-0.2, -0.15) is 0 Å². The molecule has 0 heterocycles. The second kappa shape index (κ2) is 4.30. The fourth-order valence-corrected chi connectivity index (χ4v) is 0.587. The van der Waals surface area contributed by atoms with Crippen molar-refractivity contribution in [2.75, 3.05) is 0 Å². The molecule has 0 bridgehead atoms. The molecule has 51 valence electrons. The Morgan fingerprint density at radius 1 is 1.44 bits per heavy atom. The van der Waals surface area contributed by atoms with Gasteiger partial charge in [-0.25, -0.2) is 0 Å². The molecular weight excluding hydrogens is 112 g/mol. The van der Waals surface area contributed by atoms with Crippen molar-refractivity contribution < 1.29 is 4.79 Å². The van der Waals surface area contributed by atoms with Gasteiger partial charge < -0.3 is 4.79 Å². The average Bonchev–Trinajstić information content (AvgIpc) is 1.63. The van der Waals surface area contributed by atoms with Gasteiger partial charge in [-0.1, -0.05) is 12.2 Å². The highest BCUT2D eigenvalue weighted by atomic mass is 16.1. The number of Topliss-reactive ketones (excluding diaryl/α,β-unsaturated/α-hetero) is 1. The molecule has 0 saturated carbocycles. The maximum absolute atomic E-state index is 10.4. The monoisotopic (exact) mass is 125 g/mol. The predicted octanol–water partition coefficient (Wildman–Crippen LogP) is 2.14. The van der Waals surface area contributed by atoms with E-state index in [0.717, 1.165) is 18.4 Å². The fraction of sp³-hybridized carbons (Fsp3) is 0.500. The summed E-state index contributed by atoms with van der Waals surface area (Å²) >= 11 is 0. The second-order valence-electron chi connectivity index (χ2n) is 2.31. The van der Waals surface area contributed by atoms with E-state index >= 15 is 0 Å². The van der Waals surface area contributed by atoms with Gasteiger partial charge in [0.15, 0.2) is 0 Å². The molecular formula is C8H13O. The Kier molecular flexibility index (Phi) is 4.02. The third-order valence-corrected chi connectivity index (χ3v) is 1.06. The molecule has 0 aliphatic heterocycles. The zero-order valence-electron chi connectivity index (χ0n) is 5.94. The maximum Gasteiger partial charge on any atom is 0.129 e. The Labute approximate surface area is 56.8 Å². The van der Waals surface area contributed by atoms with Crippen molar-refractivity contribution in [3.63, 3.8) is 0 Å². The standard InChI is InChI=1S/C8H13O/c1-7(2)5-4-6-8(3)9/h1-2,4-6H2,3H3. The van der Waals surface area contributed by atoms with E-state index in [1.54, 1.807) is 6.92 Å². The SMILES string of the molecule is [CH2]C(=C)CCCC(C)=O. The zero-order chi connectivity index (χ0) is 7.28. The lowest BCUT2D eigenvalue weighted by Crippen LogP contribution is -1.88. The highest BCUT2D eigenvalue weighted by molar-refractivity contribution is 5.75. The van der Waals surface area contributed by atoms with Crippen molar-refractivity contribution in [3.8, 4) is 0 Å². The van der Waals surface area contributed by atoms with Crippen LogP contribution < -0.4 is 0 Å². The first kappa shape index (κ1) is 8.41. The molecule has 1 radical (unpaired) electrons. The molecule has 0 aliphatic rings. The molecule has 1 heteroatoms. The smallest absolute Gasteiger partial charge is 0.129 e. The number of hydrogen-bond donors (Lipinski definition) is 0. The van der Waals surface area contributed by atoms with Crippen LogP contribution in [0.4, 0.5) is 0 Å². The van der Waals surface area contributed by atoms with Crippen LogP contribution in [-0.2, 0) is 4.79 Å². The molecule has 0 unspecified atom stereocenters. The van der Waals surface area contributed by atoms with Gasteiger partial charge in [0.05, 0.1) is 0 Å². The van der Waals surface area contributed by atoms with Gasteiger partial charge in [-0.05, 0) is 26.7 Å². The van der Waals surface area contributed by atoms with Gasteiger partial charge in [0.25, 0.3) is 0 Å². The van der Waals surface area contributed by atoms with Crippen LogP contribution in [0.15, 0.2) is 12.2 Å². The Morgan fingerprint density at radius 3 is 2.33 bits per heavy atom. The molecule has 0 spiro atoms. The number of hydrogen-bond acceptors (Lipinski definition) is 1. The zero-order valence-corrected chi connectivity index (χ0v) is 5.94. The van der Waals surface area contributed by atoms with Gasteiger partial charge in [0.2, 0.25) is 0 Å². The quantitative estimate of drug-likeness (QED) is 0.562. The van der Waals surface area contributed by atoms with Crippen LogP contribution in [-0.4, -0.2) is 5.78 Å². The minimum atomic E-state index is 0.247. The highest BCUT2D eigenvalue weighted by Gasteiger charge is 1.92. The second-order valence-corrected chi connectivity index (χ2v) is 2.31. The lowest BCUT2D eigenvalue weighted by molar-refractivity contribution is -0.117. The predicted molar refractivity (Wildman–Crippen MR) is 39.0 cm³/mol. The summed E-state index contributed by atoms with van der Waals surface area (Å²) in [6.07, 6.45) is 2.44. The normalized spacial score (nSPS) is 9.11. The lowest BCUT2D eigenvalue weighted by atomic mass is 10.1. The van der Waals surface area contributed by atoms with Crippen LogP contribution >= 0.6 is 0 Å². The first-order valence-corrected chi connectivity index (χ1v) is 3.12. The van der Waals surface area contributed by atoms with E-state index in [4.69, 9.17) is 0 Å². The third-order valence-electron chi connectivity index (χ3n) is 1.06. The van der Waals surface area contributed by atoms with Crippen LogP contribution in [0.5, 0.6) is 0 Å². The van der Waals surface area contributed by atoms with Crippen LogP contribution in [0.2, 0.25) is 0 Å². The van der Waals surface area contributed by atoms with E-state index in [1.165, 1.54) is 0 Å².